The van der Waals surface area contributed by atoms with Crippen molar-refractivity contribution in [3.63, 3.8) is 0 Å². The van der Waals surface area contributed by atoms with Crippen LogP contribution in [0, 0.1) is 0 Å². The van der Waals surface area contributed by atoms with Gasteiger partial charge in [-0.15, -0.1) is 0 Å². The summed E-state index contributed by atoms with van der Waals surface area (Å²) < 4.78 is 4.82. The highest BCUT2D eigenvalue weighted by molar-refractivity contribution is 4.89. The summed E-state index contributed by atoms with van der Waals surface area (Å²) in [6, 6.07) is 0. The van der Waals surface area contributed by atoms with E-state index in [4.69, 9.17) is 4.74 Å². The molecule has 0 aromatic carbocycles. The van der Waals surface area contributed by atoms with Gasteiger partial charge < -0.3 is 9.84 Å². The Bertz CT molecular complexity index is 155. The van der Waals surface area contributed by atoms with Crippen molar-refractivity contribution in [3.8, 4) is 0 Å². The first-order valence-electron chi connectivity index (χ1n) is 5.17. The minimum absolute atomic E-state index is 0.453. The molecule has 0 spiro atoms. The van der Waals surface area contributed by atoms with Crippen LogP contribution in [-0.2, 0) is 4.74 Å². The predicted octanol–water partition coefficient (Wildman–Crippen LogP) is 2.62. The lowest BCUT2D eigenvalue weighted by atomic mass is 9.91. The minimum Gasteiger partial charge on any atom is -0.505 e. The summed E-state index contributed by atoms with van der Waals surface area (Å²) >= 11 is 0. The van der Waals surface area contributed by atoms with Crippen molar-refractivity contribution in [2.75, 3.05) is 7.11 Å². The fourth-order valence-corrected chi connectivity index (χ4v) is 1.95. The average Bonchev–Trinajstić information content (AvgIpc) is 2.31. The van der Waals surface area contributed by atoms with Crippen molar-refractivity contribution in [1.29, 1.82) is 0 Å². The second-order valence-corrected chi connectivity index (χ2v) is 3.95. The van der Waals surface area contributed by atoms with E-state index in [9.17, 15) is 5.11 Å². The van der Waals surface area contributed by atoms with Gasteiger partial charge >= 0.3 is 0 Å². The van der Waals surface area contributed by atoms with Crippen LogP contribution in [0.4, 0.5) is 0 Å². The molecule has 0 saturated heterocycles. The molecule has 2 heteroatoms. The first-order chi connectivity index (χ1) is 6.27. The van der Waals surface area contributed by atoms with Gasteiger partial charge in [0.05, 0.1) is 19.0 Å². The molecule has 2 nitrogen and oxygen atoms in total. The lowest BCUT2D eigenvalue weighted by molar-refractivity contribution is 0.0274. The molecule has 0 aromatic rings. The van der Waals surface area contributed by atoms with Crippen LogP contribution in [-0.4, -0.2) is 17.8 Å². The van der Waals surface area contributed by atoms with Crippen LogP contribution in [0.5, 0.6) is 0 Å². The Balaban J connectivity index is 2.37. The fourth-order valence-electron chi connectivity index (χ4n) is 1.95. The number of aliphatic hydroxyl groups is 1. The highest BCUT2D eigenvalue weighted by Gasteiger charge is 2.26. The highest BCUT2D eigenvalue weighted by Crippen LogP contribution is 2.29. The molecule has 13 heavy (non-hydrogen) atoms. The Morgan fingerprint density at radius 2 is 1.85 bits per heavy atom. The Labute approximate surface area is 80.6 Å². The minimum atomic E-state index is -0.453. The van der Waals surface area contributed by atoms with Crippen LogP contribution in [0.15, 0.2) is 12.3 Å². The molecular weight excluding hydrogens is 164 g/mol. The van der Waals surface area contributed by atoms with E-state index in [2.05, 4.69) is 0 Å². The third-order valence-corrected chi connectivity index (χ3v) is 2.76. The molecule has 1 aliphatic carbocycles. The highest BCUT2D eigenvalue weighted by atomic mass is 16.5. The number of hydrogen-bond donors (Lipinski definition) is 1. The Hall–Kier alpha value is -0.500. The van der Waals surface area contributed by atoms with Gasteiger partial charge in [0.2, 0.25) is 0 Å². The summed E-state index contributed by atoms with van der Waals surface area (Å²) in [4.78, 5) is 0. The normalized spacial score (nSPS) is 22.9. The van der Waals surface area contributed by atoms with E-state index >= 15 is 0 Å². The average molecular weight is 184 g/mol. The van der Waals surface area contributed by atoms with Crippen molar-refractivity contribution in [3.05, 3.63) is 12.3 Å². The predicted molar refractivity (Wildman–Crippen MR) is 53.4 cm³/mol. The molecule has 0 bridgehead atoms. The lowest BCUT2D eigenvalue weighted by Crippen LogP contribution is -2.26. The fraction of sp³-hybridized carbons (Fsp3) is 0.818. The van der Waals surface area contributed by atoms with E-state index in [1.165, 1.54) is 12.8 Å². The largest absolute Gasteiger partial charge is 0.505 e. The van der Waals surface area contributed by atoms with E-state index in [-0.39, 0.29) is 0 Å². The smallest absolute Gasteiger partial charge is 0.0785 e. The van der Waals surface area contributed by atoms with Crippen molar-refractivity contribution in [2.45, 2.75) is 50.5 Å². The number of rotatable bonds is 3. The Morgan fingerprint density at radius 1 is 1.23 bits per heavy atom. The van der Waals surface area contributed by atoms with Gasteiger partial charge in [-0.2, -0.15) is 0 Å². The Kier molecular flexibility index (Phi) is 4.29. The van der Waals surface area contributed by atoms with Crippen LogP contribution < -0.4 is 0 Å². The first kappa shape index (κ1) is 10.6. The molecule has 0 aliphatic heterocycles. The molecule has 1 rings (SSSR count). The topological polar surface area (TPSA) is 29.5 Å². The molecule has 1 N–H and O–H groups in total. The summed E-state index contributed by atoms with van der Waals surface area (Å²) in [7, 11) is 1.63. The molecule has 0 radical (unpaired) electrons. The van der Waals surface area contributed by atoms with Crippen molar-refractivity contribution < 1.29 is 9.84 Å². The molecule has 0 heterocycles. The van der Waals surface area contributed by atoms with E-state index in [1.54, 1.807) is 13.4 Å². The van der Waals surface area contributed by atoms with Gasteiger partial charge in [-0.1, -0.05) is 25.7 Å². The number of hydrogen-bond acceptors (Lipinski definition) is 2. The summed E-state index contributed by atoms with van der Waals surface area (Å²) in [5.41, 5.74) is -0.453. The maximum atomic E-state index is 10.2. The third-order valence-electron chi connectivity index (χ3n) is 2.76. The van der Waals surface area contributed by atoms with Crippen LogP contribution in [0.2, 0.25) is 0 Å². The second kappa shape index (κ2) is 5.28. The van der Waals surface area contributed by atoms with Crippen LogP contribution in [0.1, 0.15) is 44.9 Å². The van der Waals surface area contributed by atoms with Crippen molar-refractivity contribution in [2.24, 2.45) is 0 Å². The molecule has 1 aliphatic rings. The van der Waals surface area contributed by atoms with Gasteiger partial charge in [-0.3, -0.25) is 0 Å². The van der Waals surface area contributed by atoms with Gasteiger partial charge in [0.1, 0.15) is 0 Å². The zero-order valence-corrected chi connectivity index (χ0v) is 8.46. The Morgan fingerprint density at radius 3 is 2.38 bits per heavy atom. The molecule has 0 atom stereocenters. The molecule has 76 valence electrons. The van der Waals surface area contributed by atoms with Gasteiger partial charge in [0.25, 0.3) is 0 Å². The quantitative estimate of drug-likeness (QED) is 0.539. The molecule has 1 fully saturated rings. The summed E-state index contributed by atoms with van der Waals surface area (Å²) in [5.74, 6) is 0. The monoisotopic (exact) mass is 184 g/mol. The van der Waals surface area contributed by atoms with Gasteiger partial charge in [0.15, 0.2) is 0 Å². The van der Waals surface area contributed by atoms with E-state index in [1.807, 2.05) is 6.08 Å². The molecule has 0 unspecified atom stereocenters. The zero-order chi connectivity index (χ0) is 9.57. The summed E-state index contributed by atoms with van der Waals surface area (Å²) in [5, 5.41) is 10.2. The second-order valence-electron chi connectivity index (χ2n) is 3.95. The molecule has 0 amide bonds. The van der Waals surface area contributed by atoms with Gasteiger partial charge in [0, 0.05) is 0 Å². The van der Waals surface area contributed by atoms with Crippen molar-refractivity contribution >= 4 is 0 Å². The molecule has 0 aromatic heterocycles. The first-order valence-corrected chi connectivity index (χ1v) is 5.17. The maximum absolute atomic E-state index is 10.2. The van der Waals surface area contributed by atoms with Crippen LogP contribution in [0.3, 0.4) is 0 Å². The standard InChI is InChI=1S/C11H20O2/c1-13-10-6-9-11(12)7-4-2-3-5-8-11/h6,10,12H,2-5,7-9H2,1H3/b10-6+. The zero-order valence-electron chi connectivity index (χ0n) is 8.46. The number of ether oxygens (including phenoxy) is 1. The third kappa shape index (κ3) is 3.81. The molecular formula is C11H20O2. The van der Waals surface area contributed by atoms with Crippen LogP contribution in [0.25, 0.3) is 0 Å². The lowest BCUT2D eigenvalue weighted by Gasteiger charge is -2.24. The summed E-state index contributed by atoms with van der Waals surface area (Å²) in [6.07, 6.45) is 11.1. The summed E-state index contributed by atoms with van der Waals surface area (Å²) in [6.45, 7) is 0. The number of methoxy groups -OCH3 is 1. The van der Waals surface area contributed by atoms with Crippen molar-refractivity contribution in [1.82, 2.24) is 0 Å². The SMILES string of the molecule is CO/C=C/CC1(O)CCCCCC1. The van der Waals surface area contributed by atoms with Gasteiger partial charge in [-0.25, -0.2) is 0 Å². The maximum Gasteiger partial charge on any atom is 0.0785 e. The van der Waals surface area contributed by atoms with E-state index in [0.717, 1.165) is 32.1 Å². The van der Waals surface area contributed by atoms with Gasteiger partial charge in [-0.05, 0) is 25.3 Å². The molecule has 1 saturated carbocycles. The van der Waals surface area contributed by atoms with Crippen LogP contribution >= 0.6 is 0 Å². The van der Waals surface area contributed by atoms with E-state index < -0.39 is 5.60 Å². The van der Waals surface area contributed by atoms with E-state index in [0.29, 0.717) is 0 Å².